The normalized spacial score (nSPS) is 14.9. The number of nitrogens with zero attached hydrogens (tertiary/aromatic N) is 6. The van der Waals surface area contributed by atoms with Crippen LogP contribution in [0.3, 0.4) is 0 Å². The largest absolute Gasteiger partial charge is 0.352 e. The average Bonchev–Trinajstić information content (AvgIpc) is 2.55. The van der Waals surface area contributed by atoms with Crippen LogP contribution >= 0.6 is 0 Å². The molecule has 1 aliphatic rings. The molecule has 3 heterocycles. The quantitative estimate of drug-likeness (QED) is 0.827. The molecule has 1 saturated heterocycles. The maximum Gasteiger partial charge on any atom is 0.225 e. The zero-order chi connectivity index (χ0) is 14.7. The monoisotopic (exact) mass is 280 g/mol. The molecule has 21 heavy (non-hydrogen) atoms. The van der Waals surface area contributed by atoms with Crippen LogP contribution in [-0.4, -0.2) is 41.1 Å². The highest BCUT2D eigenvalue weighted by atomic mass is 15.3. The molecule has 6 nitrogen and oxygen atoms in total. The predicted octanol–water partition coefficient (Wildman–Crippen LogP) is 1.38. The molecule has 0 unspecified atom stereocenters. The number of piperazine rings is 1. The molecule has 0 N–H and O–H groups in total. The SMILES string of the molecule is Cc1ccnc(N2CCN(c3ncccc3C#N)CC2)n1. The summed E-state index contributed by atoms with van der Waals surface area (Å²) < 4.78 is 0. The molecule has 1 fully saturated rings. The van der Waals surface area contributed by atoms with Gasteiger partial charge in [-0.1, -0.05) is 0 Å². The smallest absolute Gasteiger partial charge is 0.225 e. The van der Waals surface area contributed by atoms with E-state index in [-0.39, 0.29) is 0 Å². The van der Waals surface area contributed by atoms with Gasteiger partial charge in [-0.3, -0.25) is 0 Å². The second-order valence-electron chi connectivity index (χ2n) is 4.96. The minimum Gasteiger partial charge on any atom is -0.352 e. The molecule has 0 bridgehead atoms. The third kappa shape index (κ3) is 2.77. The lowest BCUT2D eigenvalue weighted by Gasteiger charge is -2.35. The highest BCUT2D eigenvalue weighted by molar-refractivity contribution is 5.54. The molecule has 1 aliphatic heterocycles. The summed E-state index contributed by atoms with van der Waals surface area (Å²) in [6.07, 6.45) is 3.52. The second-order valence-corrected chi connectivity index (χ2v) is 4.96. The Morgan fingerprint density at radius 2 is 1.81 bits per heavy atom. The van der Waals surface area contributed by atoms with Gasteiger partial charge in [0, 0.05) is 44.3 Å². The van der Waals surface area contributed by atoms with E-state index in [4.69, 9.17) is 5.26 Å². The molecule has 2 aromatic heterocycles. The molecule has 0 spiro atoms. The van der Waals surface area contributed by atoms with Crippen molar-refractivity contribution in [3.8, 4) is 6.07 Å². The third-order valence-corrected chi connectivity index (χ3v) is 3.55. The summed E-state index contributed by atoms with van der Waals surface area (Å²) in [5.41, 5.74) is 1.59. The van der Waals surface area contributed by atoms with E-state index in [1.165, 1.54) is 0 Å². The highest BCUT2D eigenvalue weighted by Crippen LogP contribution is 2.19. The summed E-state index contributed by atoms with van der Waals surface area (Å²) in [7, 11) is 0. The number of aryl methyl sites for hydroxylation is 1. The lowest BCUT2D eigenvalue weighted by molar-refractivity contribution is 0.633. The van der Waals surface area contributed by atoms with E-state index >= 15 is 0 Å². The minimum atomic E-state index is 0.623. The topological polar surface area (TPSA) is 68.9 Å². The van der Waals surface area contributed by atoms with Gasteiger partial charge in [-0.2, -0.15) is 5.26 Å². The van der Waals surface area contributed by atoms with Crippen LogP contribution in [0.15, 0.2) is 30.6 Å². The van der Waals surface area contributed by atoms with E-state index in [2.05, 4.69) is 30.8 Å². The number of rotatable bonds is 2. The molecule has 0 atom stereocenters. The average molecular weight is 280 g/mol. The van der Waals surface area contributed by atoms with E-state index in [9.17, 15) is 0 Å². The molecule has 106 valence electrons. The van der Waals surface area contributed by atoms with Gasteiger partial charge in [-0.25, -0.2) is 15.0 Å². The van der Waals surface area contributed by atoms with Gasteiger partial charge in [0.15, 0.2) is 0 Å². The Bertz CT molecular complexity index is 670. The lowest BCUT2D eigenvalue weighted by Crippen LogP contribution is -2.47. The van der Waals surface area contributed by atoms with Crippen molar-refractivity contribution in [2.75, 3.05) is 36.0 Å². The second kappa shape index (κ2) is 5.75. The van der Waals surface area contributed by atoms with Gasteiger partial charge in [0.25, 0.3) is 0 Å². The van der Waals surface area contributed by atoms with E-state index in [0.29, 0.717) is 5.56 Å². The van der Waals surface area contributed by atoms with Gasteiger partial charge in [-0.15, -0.1) is 0 Å². The molecular weight excluding hydrogens is 264 g/mol. The van der Waals surface area contributed by atoms with Crippen molar-refractivity contribution in [3.05, 3.63) is 41.9 Å². The van der Waals surface area contributed by atoms with Crippen LogP contribution in [0.4, 0.5) is 11.8 Å². The number of hydrogen-bond acceptors (Lipinski definition) is 6. The fraction of sp³-hybridized carbons (Fsp3) is 0.333. The first kappa shape index (κ1) is 13.3. The van der Waals surface area contributed by atoms with Crippen LogP contribution in [0.2, 0.25) is 0 Å². The molecule has 2 aromatic rings. The zero-order valence-electron chi connectivity index (χ0n) is 11.9. The number of pyridine rings is 1. The summed E-state index contributed by atoms with van der Waals surface area (Å²) in [5, 5.41) is 9.16. The van der Waals surface area contributed by atoms with Crippen molar-refractivity contribution >= 4 is 11.8 Å². The summed E-state index contributed by atoms with van der Waals surface area (Å²) >= 11 is 0. The predicted molar refractivity (Wildman–Crippen MR) is 80.1 cm³/mol. The van der Waals surface area contributed by atoms with Crippen molar-refractivity contribution in [2.45, 2.75) is 6.92 Å². The molecule has 0 aromatic carbocycles. The molecule has 0 saturated carbocycles. The molecule has 0 amide bonds. The van der Waals surface area contributed by atoms with Gasteiger partial charge in [0.1, 0.15) is 11.9 Å². The van der Waals surface area contributed by atoms with Crippen LogP contribution in [0.25, 0.3) is 0 Å². The Hall–Kier alpha value is -2.68. The molecule has 0 aliphatic carbocycles. The number of anilines is 2. The molecular formula is C15H16N6. The first-order valence-electron chi connectivity index (χ1n) is 6.92. The lowest BCUT2D eigenvalue weighted by atomic mass is 10.2. The highest BCUT2D eigenvalue weighted by Gasteiger charge is 2.21. The summed E-state index contributed by atoms with van der Waals surface area (Å²) in [6, 6.07) is 7.69. The van der Waals surface area contributed by atoms with E-state index < -0.39 is 0 Å². The van der Waals surface area contributed by atoms with Crippen LogP contribution in [0, 0.1) is 18.3 Å². The Balaban J connectivity index is 1.72. The van der Waals surface area contributed by atoms with Gasteiger partial charge < -0.3 is 9.80 Å². The Morgan fingerprint density at radius 1 is 1.05 bits per heavy atom. The van der Waals surface area contributed by atoms with E-state index in [1.807, 2.05) is 13.0 Å². The Kier molecular flexibility index (Phi) is 3.65. The van der Waals surface area contributed by atoms with Crippen LogP contribution in [-0.2, 0) is 0 Å². The van der Waals surface area contributed by atoms with Crippen molar-refractivity contribution in [1.82, 2.24) is 15.0 Å². The van der Waals surface area contributed by atoms with Crippen molar-refractivity contribution in [2.24, 2.45) is 0 Å². The minimum absolute atomic E-state index is 0.623. The zero-order valence-corrected chi connectivity index (χ0v) is 11.9. The third-order valence-electron chi connectivity index (χ3n) is 3.55. The van der Waals surface area contributed by atoms with Crippen molar-refractivity contribution in [1.29, 1.82) is 5.26 Å². The fourth-order valence-electron chi connectivity index (χ4n) is 2.44. The number of nitriles is 1. The number of hydrogen-bond donors (Lipinski definition) is 0. The Morgan fingerprint density at radius 3 is 2.52 bits per heavy atom. The summed E-state index contributed by atoms with van der Waals surface area (Å²) in [5.74, 6) is 1.54. The standard InChI is InChI=1S/C15H16N6/c1-12-4-6-18-15(19-12)21-9-7-20(8-10-21)14-13(11-16)3-2-5-17-14/h2-6H,7-10H2,1H3. The van der Waals surface area contributed by atoms with Crippen LogP contribution < -0.4 is 9.80 Å². The molecule has 6 heteroatoms. The summed E-state index contributed by atoms with van der Waals surface area (Å²) in [6.45, 7) is 5.23. The molecule has 3 rings (SSSR count). The van der Waals surface area contributed by atoms with Gasteiger partial charge in [0.05, 0.1) is 5.56 Å². The van der Waals surface area contributed by atoms with Crippen molar-refractivity contribution < 1.29 is 0 Å². The van der Waals surface area contributed by atoms with Gasteiger partial charge in [-0.05, 0) is 25.1 Å². The summed E-state index contributed by atoms with van der Waals surface area (Å²) in [4.78, 5) is 17.4. The van der Waals surface area contributed by atoms with Crippen LogP contribution in [0.1, 0.15) is 11.3 Å². The van der Waals surface area contributed by atoms with Gasteiger partial charge in [0.2, 0.25) is 5.95 Å². The first-order chi connectivity index (χ1) is 10.3. The number of aromatic nitrogens is 3. The van der Waals surface area contributed by atoms with Gasteiger partial charge >= 0.3 is 0 Å². The van der Waals surface area contributed by atoms with E-state index in [0.717, 1.165) is 43.6 Å². The maximum absolute atomic E-state index is 9.16. The van der Waals surface area contributed by atoms with E-state index in [1.54, 1.807) is 24.5 Å². The maximum atomic E-state index is 9.16. The van der Waals surface area contributed by atoms with Crippen molar-refractivity contribution in [3.63, 3.8) is 0 Å². The van der Waals surface area contributed by atoms with Crippen LogP contribution in [0.5, 0.6) is 0 Å². The fourth-order valence-corrected chi connectivity index (χ4v) is 2.44. The Labute approximate surface area is 123 Å². The first-order valence-corrected chi connectivity index (χ1v) is 6.92. The molecule has 0 radical (unpaired) electrons.